The number of carbonyl (C=O) groups excluding carboxylic acids is 2. The van der Waals surface area contributed by atoms with Crippen LogP contribution >= 0.6 is 11.3 Å². The minimum absolute atomic E-state index is 0.0723. The number of nitrogens with one attached hydrogen (secondary N) is 1. The van der Waals surface area contributed by atoms with Crippen LogP contribution in [0.3, 0.4) is 0 Å². The Balaban J connectivity index is 1.80. The Morgan fingerprint density at radius 3 is 2.73 bits per heavy atom. The largest absolute Gasteiger partial charge is 0.418 e. The Morgan fingerprint density at radius 2 is 2.04 bits per heavy atom. The van der Waals surface area contributed by atoms with E-state index in [2.05, 4.69) is 5.32 Å². The van der Waals surface area contributed by atoms with E-state index in [0.29, 0.717) is 0 Å². The van der Waals surface area contributed by atoms with Gasteiger partial charge in [-0.25, -0.2) is 0 Å². The number of anilines is 1. The van der Waals surface area contributed by atoms with E-state index >= 15 is 0 Å². The second kappa shape index (κ2) is 7.46. The van der Waals surface area contributed by atoms with Crippen LogP contribution in [0, 0.1) is 0 Å². The van der Waals surface area contributed by atoms with Crippen molar-refractivity contribution in [1.29, 1.82) is 0 Å². The molecule has 0 spiro atoms. The molecule has 0 bridgehead atoms. The van der Waals surface area contributed by atoms with Crippen molar-refractivity contribution in [2.45, 2.75) is 18.8 Å². The number of carbonyl (C=O) groups is 2. The van der Waals surface area contributed by atoms with Gasteiger partial charge in [0.2, 0.25) is 11.8 Å². The first kappa shape index (κ1) is 18.4. The minimum atomic E-state index is -4.60. The second-order valence-electron chi connectivity index (χ2n) is 5.66. The molecule has 2 amide bonds. The van der Waals surface area contributed by atoms with Gasteiger partial charge in [0.1, 0.15) is 12.6 Å². The number of para-hydroxylation sites is 1. The smallest absolute Gasteiger partial charge is 0.369 e. The summed E-state index contributed by atoms with van der Waals surface area (Å²) in [6.45, 7) is -0.0235. The normalized spacial score (nSPS) is 18.0. The molecule has 1 fully saturated rings. The number of hydrogen-bond donors (Lipinski definition) is 1. The first-order chi connectivity index (χ1) is 12.4. The molecule has 1 aliphatic rings. The van der Waals surface area contributed by atoms with Crippen molar-refractivity contribution in [3.63, 3.8) is 0 Å². The summed E-state index contributed by atoms with van der Waals surface area (Å²) in [6.07, 6.45) is -4.60. The predicted octanol–water partition coefficient (Wildman–Crippen LogP) is 3.13. The maximum atomic E-state index is 13.1. The van der Waals surface area contributed by atoms with Crippen molar-refractivity contribution in [2.24, 2.45) is 0 Å². The zero-order valence-corrected chi connectivity index (χ0v) is 14.3. The molecular weight excluding hydrogens is 369 g/mol. The van der Waals surface area contributed by atoms with Crippen LogP contribution in [0.2, 0.25) is 0 Å². The van der Waals surface area contributed by atoms with Crippen LogP contribution in [-0.4, -0.2) is 36.0 Å². The number of amides is 2. The van der Waals surface area contributed by atoms with E-state index < -0.39 is 23.7 Å². The summed E-state index contributed by atoms with van der Waals surface area (Å²) in [6, 6.07) is 7.35. The van der Waals surface area contributed by atoms with Crippen LogP contribution < -0.4 is 5.32 Å². The molecule has 2 heterocycles. The Bertz CT molecular complexity index is 793. The third-order valence-electron chi connectivity index (χ3n) is 3.90. The number of alkyl halides is 3. The average molecular weight is 384 g/mol. The first-order valence-corrected chi connectivity index (χ1v) is 8.61. The minimum Gasteiger partial charge on any atom is -0.369 e. The number of hydrogen-bond acceptors (Lipinski definition) is 4. The molecule has 138 valence electrons. The van der Waals surface area contributed by atoms with Gasteiger partial charge >= 0.3 is 6.18 Å². The van der Waals surface area contributed by atoms with Crippen molar-refractivity contribution < 1.29 is 27.5 Å². The summed E-state index contributed by atoms with van der Waals surface area (Å²) < 4.78 is 44.4. The highest BCUT2D eigenvalue weighted by Crippen LogP contribution is 2.34. The number of halogens is 3. The van der Waals surface area contributed by atoms with E-state index in [1.54, 1.807) is 0 Å². The maximum absolute atomic E-state index is 13.1. The fourth-order valence-corrected chi connectivity index (χ4v) is 3.35. The van der Waals surface area contributed by atoms with Crippen LogP contribution in [0.25, 0.3) is 0 Å². The molecule has 1 unspecified atom stereocenters. The lowest BCUT2D eigenvalue weighted by molar-refractivity contribution is -0.154. The lowest BCUT2D eigenvalue weighted by Gasteiger charge is -2.34. The average Bonchev–Trinajstić information content (AvgIpc) is 3.09. The third-order valence-corrected chi connectivity index (χ3v) is 4.76. The Hall–Kier alpha value is -2.39. The number of morpholine rings is 1. The number of ether oxygens (including phenoxy) is 1. The molecule has 0 aliphatic carbocycles. The zero-order chi connectivity index (χ0) is 18.7. The van der Waals surface area contributed by atoms with Gasteiger partial charge in [-0.2, -0.15) is 13.2 Å². The Labute approximate surface area is 151 Å². The zero-order valence-electron chi connectivity index (χ0n) is 13.5. The fraction of sp³-hybridized carbons (Fsp3) is 0.294. The Morgan fingerprint density at radius 1 is 1.27 bits per heavy atom. The van der Waals surface area contributed by atoms with Gasteiger partial charge < -0.3 is 15.0 Å². The van der Waals surface area contributed by atoms with Crippen molar-refractivity contribution in [1.82, 2.24) is 4.90 Å². The van der Waals surface area contributed by atoms with Crippen molar-refractivity contribution in [3.05, 3.63) is 52.2 Å². The van der Waals surface area contributed by atoms with Crippen molar-refractivity contribution in [3.8, 4) is 0 Å². The van der Waals surface area contributed by atoms with Gasteiger partial charge in [0.05, 0.1) is 24.4 Å². The van der Waals surface area contributed by atoms with E-state index in [-0.39, 0.29) is 31.4 Å². The molecule has 3 rings (SSSR count). The molecule has 5 nitrogen and oxygen atoms in total. The molecule has 1 N–H and O–H groups in total. The topological polar surface area (TPSA) is 58.6 Å². The molecule has 26 heavy (non-hydrogen) atoms. The molecule has 1 aliphatic heterocycles. The van der Waals surface area contributed by atoms with Gasteiger partial charge in [-0.05, 0) is 23.6 Å². The van der Waals surface area contributed by atoms with Crippen LogP contribution in [-0.2, 0) is 27.0 Å². The summed E-state index contributed by atoms with van der Waals surface area (Å²) >= 11 is 1.43. The molecular formula is C17H15F3N2O3S. The van der Waals surface area contributed by atoms with E-state index in [0.717, 1.165) is 10.9 Å². The summed E-state index contributed by atoms with van der Waals surface area (Å²) in [5.74, 6) is -1.10. The first-order valence-electron chi connectivity index (χ1n) is 7.73. The summed E-state index contributed by atoms with van der Waals surface area (Å²) in [7, 11) is 0. The highest BCUT2D eigenvalue weighted by Gasteiger charge is 2.37. The maximum Gasteiger partial charge on any atom is 0.418 e. The SMILES string of the molecule is O=C(Nc1ccccc1C(F)(F)F)C1COCC(=O)N1Cc1cccs1. The van der Waals surface area contributed by atoms with Crippen LogP contribution in [0.1, 0.15) is 10.4 Å². The third kappa shape index (κ3) is 4.05. The molecule has 1 aromatic heterocycles. The number of rotatable bonds is 4. The lowest BCUT2D eigenvalue weighted by Crippen LogP contribution is -2.54. The van der Waals surface area contributed by atoms with E-state index in [9.17, 15) is 22.8 Å². The van der Waals surface area contributed by atoms with E-state index in [1.165, 1.54) is 34.4 Å². The molecule has 1 saturated heterocycles. The van der Waals surface area contributed by atoms with Crippen LogP contribution in [0.5, 0.6) is 0 Å². The van der Waals surface area contributed by atoms with Crippen LogP contribution in [0.4, 0.5) is 18.9 Å². The number of thiophene rings is 1. The van der Waals surface area contributed by atoms with Gasteiger partial charge in [-0.15, -0.1) is 11.3 Å². The quantitative estimate of drug-likeness (QED) is 0.881. The highest BCUT2D eigenvalue weighted by molar-refractivity contribution is 7.09. The standard InChI is InChI=1S/C17H15F3N2O3S/c18-17(19,20)12-5-1-2-6-13(12)21-16(24)14-9-25-10-15(23)22(14)8-11-4-3-7-26-11/h1-7,14H,8-10H2,(H,21,24). The van der Waals surface area contributed by atoms with Gasteiger partial charge in [0.15, 0.2) is 0 Å². The Kier molecular flexibility index (Phi) is 5.28. The summed E-state index contributed by atoms with van der Waals surface area (Å²) in [5.41, 5.74) is -1.29. The fourth-order valence-electron chi connectivity index (χ4n) is 2.65. The molecule has 0 saturated carbocycles. The number of benzene rings is 1. The van der Waals surface area contributed by atoms with Gasteiger partial charge in [0, 0.05) is 4.88 Å². The number of nitrogens with zero attached hydrogens (tertiary/aromatic N) is 1. The molecule has 1 atom stereocenters. The summed E-state index contributed by atoms with van der Waals surface area (Å²) in [5, 5.41) is 4.13. The lowest BCUT2D eigenvalue weighted by atomic mass is 10.1. The van der Waals surface area contributed by atoms with Gasteiger partial charge in [0.25, 0.3) is 0 Å². The van der Waals surface area contributed by atoms with Gasteiger partial charge in [-0.3, -0.25) is 9.59 Å². The van der Waals surface area contributed by atoms with Crippen molar-refractivity contribution in [2.75, 3.05) is 18.5 Å². The highest BCUT2D eigenvalue weighted by atomic mass is 32.1. The van der Waals surface area contributed by atoms with Crippen LogP contribution in [0.15, 0.2) is 41.8 Å². The molecule has 2 aromatic rings. The molecule has 9 heteroatoms. The molecule has 0 radical (unpaired) electrons. The van der Waals surface area contributed by atoms with Gasteiger partial charge in [-0.1, -0.05) is 18.2 Å². The monoisotopic (exact) mass is 384 g/mol. The predicted molar refractivity (Wildman–Crippen MR) is 89.5 cm³/mol. The van der Waals surface area contributed by atoms with E-state index in [1.807, 2.05) is 17.5 Å². The molecule has 1 aromatic carbocycles. The van der Waals surface area contributed by atoms with Crippen molar-refractivity contribution >= 4 is 28.8 Å². The second-order valence-corrected chi connectivity index (χ2v) is 6.70. The summed E-state index contributed by atoms with van der Waals surface area (Å²) in [4.78, 5) is 26.9. The van der Waals surface area contributed by atoms with E-state index in [4.69, 9.17) is 4.74 Å².